The first kappa shape index (κ1) is 21.9. The minimum atomic E-state index is -0.384. The van der Waals surface area contributed by atoms with E-state index in [2.05, 4.69) is 28.5 Å². The molecule has 0 fully saturated rings. The Morgan fingerprint density at radius 1 is 1.14 bits per heavy atom. The maximum Gasteiger partial charge on any atom is 0.225 e. The molecule has 1 aromatic carbocycles. The van der Waals surface area contributed by atoms with Gasteiger partial charge in [-0.15, -0.1) is 0 Å². The van der Waals surface area contributed by atoms with Crippen molar-refractivity contribution in [1.82, 2.24) is 15.5 Å². The number of carbonyl (C=O) groups is 1. The number of nitrogens with zero attached hydrogens (tertiary/aromatic N) is 2. The molecule has 0 unspecified atom stereocenters. The van der Waals surface area contributed by atoms with Crippen LogP contribution in [0.1, 0.15) is 38.8 Å². The quantitative estimate of drug-likeness (QED) is 0.442. The highest BCUT2D eigenvalue weighted by atomic mass is 16.5. The second kappa shape index (κ2) is 9.66. The first-order valence-corrected chi connectivity index (χ1v) is 9.85. The average Bonchev–Trinajstić information content (AvgIpc) is 2.67. The highest BCUT2D eigenvalue weighted by Crippen LogP contribution is 2.33. The second-order valence-corrected chi connectivity index (χ2v) is 7.89. The smallest absolute Gasteiger partial charge is 0.225 e. The molecule has 0 saturated heterocycles. The van der Waals surface area contributed by atoms with Crippen molar-refractivity contribution >= 4 is 11.9 Å². The molecule has 1 aliphatic rings. The molecule has 0 radical (unpaired) electrons. The van der Waals surface area contributed by atoms with Gasteiger partial charge in [-0.05, 0) is 36.6 Å². The minimum absolute atomic E-state index is 0.0423. The fraction of sp³-hybridized carbons (Fsp3) is 0.619. The van der Waals surface area contributed by atoms with E-state index in [1.807, 2.05) is 26.8 Å². The van der Waals surface area contributed by atoms with Gasteiger partial charge in [-0.3, -0.25) is 9.79 Å². The highest BCUT2D eigenvalue weighted by Gasteiger charge is 2.22. The van der Waals surface area contributed by atoms with Gasteiger partial charge in [0.25, 0.3) is 0 Å². The number of rotatable bonds is 6. The van der Waals surface area contributed by atoms with E-state index in [0.29, 0.717) is 13.1 Å². The summed E-state index contributed by atoms with van der Waals surface area (Å²) in [5.41, 5.74) is 2.11. The molecule has 1 aromatic rings. The fourth-order valence-corrected chi connectivity index (χ4v) is 3.09. The summed E-state index contributed by atoms with van der Waals surface area (Å²) < 4.78 is 10.9. The topological polar surface area (TPSA) is 75.2 Å². The second-order valence-electron chi connectivity index (χ2n) is 7.89. The third-order valence-electron chi connectivity index (χ3n) is 4.69. The van der Waals surface area contributed by atoms with Crippen molar-refractivity contribution in [2.24, 2.45) is 10.4 Å². The molecule has 2 rings (SSSR count). The van der Waals surface area contributed by atoms with Crippen LogP contribution in [0.25, 0.3) is 0 Å². The predicted octanol–water partition coefficient (Wildman–Crippen LogP) is 2.19. The third-order valence-corrected chi connectivity index (χ3v) is 4.69. The molecule has 2 N–H and O–H groups in total. The Labute approximate surface area is 168 Å². The van der Waals surface area contributed by atoms with Crippen molar-refractivity contribution in [3.63, 3.8) is 0 Å². The zero-order valence-electron chi connectivity index (χ0n) is 18.0. The summed E-state index contributed by atoms with van der Waals surface area (Å²) in [6.45, 7) is 11.3. The molecule has 0 atom stereocenters. The summed E-state index contributed by atoms with van der Waals surface area (Å²) in [5, 5.41) is 6.30. The lowest BCUT2D eigenvalue weighted by atomic mass is 9.96. The summed E-state index contributed by atoms with van der Waals surface area (Å²) in [4.78, 5) is 18.9. The monoisotopic (exact) mass is 390 g/mol. The van der Waals surface area contributed by atoms with Crippen LogP contribution in [0.2, 0.25) is 0 Å². The van der Waals surface area contributed by atoms with Gasteiger partial charge < -0.3 is 25.0 Å². The number of benzene rings is 1. The van der Waals surface area contributed by atoms with Crippen LogP contribution in [0.5, 0.6) is 11.5 Å². The van der Waals surface area contributed by atoms with Crippen molar-refractivity contribution < 1.29 is 14.3 Å². The van der Waals surface area contributed by atoms with Gasteiger partial charge in [-0.1, -0.05) is 20.8 Å². The number of carbonyl (C=O) groups excluding carboxylic acids is 1. The molecule has 0 saturated carbocycles. The number of amides is 1. The number of aliphatic imine (C=N–C) groups is 1. The summed E-state index contributed by atoms with van der Waals surface area (Å²) in [5.74, 6) is 2.42. The molecule has 0 aromatic heterocycles. The Kier molecular flexibility index (Phi) is 7.54. The van der Waals surface area contributed by atoms with Crippen LogP contribution in [-0.2, 0) is 17.8 Å². The van der Waals surface area contributed by atoms with E-state index in [-0.39, 0.29) is 11.3 Å². The molecule has 156 valence electrons. The summed E-state index contributed by atoms with van der Waals surface area (Å²) >= 11 is 0. The van der Waals surface area contributed by atoms with Gasteiger partial charge in [0.2, 0.25) is 5.91 Å². The van der Waals surface area contributed by atoms with Gasteiger partial charge in [-0.25, -0.2) is 0 Å². The first-order valence-electron chi connectivity index (χ1n) is 9.85. The lowest BCUT2D eigenvalue weighted by Gasteiger charge is -2.32. The standard InChI is InChI=1S/C21H34N4O3/c1-7-22-20(24-10-9-23-19(26)21(2,3)4)25-11-8-15-12-17(27-5)18(28-6)13-16(15)14-25/h12-13H,7-11,14H2,1-6H3,(H,22,24)(H,23,26). The van der Waals surface area contributed by atoms with E-state index in [1.54, 1.807) is 14.2 Å². The number of hydrogen-bond donors (Lipinski definition) is 2. The van der Waals surface area contributed by atoms with Crippen LogP contribution in [0.15, 0.2) is 17.1 Å². The van der Waals surface area contributed by atoms with Gasteiger partial charge in [0.1, 0.15) is 0 Å². The maximum absolute atomic E-state index is 12.0. The van der Waals surface area contributed by atoms with Crippen LogP contribution in [0, 0.1) is 5.41 Å². The van der Waals surface area contributed by atoms with Crippen molar-refractivity contribution in [3.05, 3.63) is 23.3 Å². The van der Waals surface area contributed by atoms with Gasteiger partial charge in [-0.2, -0.15) is 0 Å². The SMILES string of the molecule is CCNC(=NCCNC(=O)C(C)(C)C)N1CCc2cc(OC)c(OC)cc2C1. The summed E-state index contributed by atoms with van der Waals surface area (Å²) in [6, 6.07) is 4.12. The third kappa shape index (κ3) is 5.53. The van der Waals surface area contributed by atoms with E-state index >= 15 is 0 Å². The molecule has 7 nitrogen and oxygen atoms in total. The number of fused-ring (bicyclic) bond motifs is 1. The number of hydrogen-bond acceptors (Lipinski definition) is 4. The molecule has 1 aliphatic heterocycles. The van der Waals surface area contributed by atoms with Crippen LogP contribution < -0.4 is 20.1 Å². The molecule has 0 bridgehead atoms. The number of methoxy groups -OCH3 is 2. The van der Waals surface area contributed by atoms with E-state index in [4.69, 9.17) is 14.5 Å². The van der Waals surface area contributed by atoms with Crippen LogP contribution in [-0.4, -0.2) is 57.2 Å². The Morgan fingerprint density at radius 3 is 2.36 bits per heavy atom. The van der Waals surface area contributed by atoms with E-state index in [1.165, 1.54) is 11.1 Å². The molecule has 28 heavy (non-hydrogen) atoms. The van der Waals surface area contributed by atoms with Crippen LogP contribution in [0.3, 0.4) is 0 Å². The van der Waals surface area contributed by atoms with Crippen LogP contribution >= 0.6 is 0 Å². The molecule has 7 heteroatoms. The normalized spacial score (nSPS) is 14.4. The Bertz CT molecular complexity index is 710. The molecular weight excluding hydrogens is 356 g/mol. The Balaban J connectivity index is 2.05. The van der Waals surface area contributed by atoms with Gasteiger partial charge in [0.05, 0.1) is 20.8 Å². The Hall–Kier alpha value is -2.44. The van der Waals surface area contributed by atoms with E-state index < -0.39 is 0 Å². The molecule has 1 amide bonds. The Morgan fingerprint density at radius 2 is 1.79 bits per heavy atom. The highest BCUT2D eigenvalue weighted by molar-refractivity contribution is 5.82. The zero-order chi connectivity index (χ0) is 20.7. The summed E-state index contributed by atoms with van der Waals surface area (Å²) in [7, 11) is 3.32. The van der Waals surface area contributed by atoms with Gasteiger partial charge >= 0.3 is 0 Å². The molecule has 1 heterocycles. The van der Waals surface area contributed by atoms with Gasteiger partial charge in [0.15, 0.2) is 17.5 Å². The lowest BCUT2D eigenvalue weighted by Crippen LogP contribution is -2.44. The van der Waals surface area contributed by atoms with Gasteiger partial charge in [0, 0.05) is 31.6 Å². The van der Waals surface area contributed by atoms with Crippen molar-refractivity contribution in [2.75, 3.05) is 40.4 Å². The maximum atomic E-state index is 12.0. The zero-order valence-corrected chi connectivity index (χ0v) is 18.0. The molecule has 0 spiro atoms. The number of guanidine groups is 1. The van der Waals surface area contributed by atoms with E-state index in [0.717, 1.165) is 43.5 Å². The average molecular weight is 391 g/mol. The van der Waals surface area contributed by atoms with Crippen molar-refractivity contribution in [3.8, 4) is 11.5 Å². The largest absolute Gasteiger partial charge is 0.493 e. The van der Waals surface area contributed by atoms with Crippen molar-refractivity contribution in [1.29, 1.82) is 0 Å². The summed E-state index contributed by atoms with van der Waals surface area (Å²) in [6.07, 6.45) is 0.918. The lowest BCUT2D eigenvalue weighted by molar-refractivity contribution is -0.128. The van der Waals surface area contributed by atoms with Crippen LogP contribution in [0.4, 0.5) is 0 Å². The predicted molar refractivity (Wildman–Crippen MR) is 112 cm³/mol. The molecular formula is C21H34N4O3. The first-order chi connectivity index (χ1) is 13.3. The minimum Gasteiger partial charge on any atom is -0.493 e. The van der Waals surface area contributed by atoms with Crippen molar-refractivity contribution in [2.45, 2.75) is 40.7 Å². The van der Waals surface area contributed by atoms with E-state index in [9.17, 15) is 4.79 Å². The number of ether oxygens (including phenoxy) is 2. The fourth-order valence-electron chi connectivity index (χ4n) is 3.09. The molecule has 0 aliphatic carbocycles. The number of nitrogens with one attached hydrogen (secondary N) is 2.